The van der Waals surface area contributed by atoms with Crippen molar-refractivity contribution in [2.45, 2.75) is 19.2 Å². The van der Waals surface area contributed by atoms with Gasteiger partial charge in [0, 0.05) is 4.88 Å². The molecule has 2 N–H and O–H groups in total. The number of hydrogen-bond donors (Lipinski definition) is 1. The smallest absolute Gasteiger partial charge is 0.0578 e. The Kier molecular flexibility index (Phi) is 2.66. The van der Waals surface area contributed by atoms with E-state index in [-0.39, 0.29) is 0 Å². The highest BCUT2D eigenvalue weighted by Crippen LogP contribution is 2.33. The summed E-state index contributed by atoms with van der Waals surface area (Å²) in [4.78, 5) is 1.18. The highest BCUT2D eigenvalue weighted by Gasteiger charge is 2.06. The lowest BCUT2D eigenvalue weighted by molar-refractivity contribution is 1.15. The zero-order chi connectivity index (χ0) is 10.1. The molecule has 0 saturated heterocycles. The largest absolute Gasteiger partial charge is 0.397 e. The number of hydrogen-bond acceptors (Lipinski definition) is 2. The van der Waals surface area contributed by atoms with Gasteiger partial charge in [0.05, 0.1) is 16.3 Å². The first kappa shape index (κ1) is 9.81. The molecule has 0 fully saturated rings. The topological polar surface area (TPSA) is 26.0 Å². The lowest BCUT2D eigenvalue weighted by atomic mass is 10.1. The molecule has 1 heterocycles. The number of aryl methyl sites for hydroxylation is 1. The Morgan fingerprint density at radius 2 is 2.21 bits per heavy atom. The second-order valence-corrected chi connectivity index (χ2v) is 4.66. The van der Waals surface area contributed by atoms with Gasteiger partial charge in [-0.3, -0.25) is 0 Å². The number of alkyl halides is 1. The highest BCUT2D eigenvalue weighted by molar-refractivity contribution is 7.19. The first-order chi connectivity index (χ1) is 6.76. The van der Waals surface area contributed by atoms with Gasteiger partial charge in [-0.25, -0.2) is 0 Å². The van der Waals surface area contributed by atoms with Crippen LogP contribution in [0.1, 0.15) is 17.4 Å². The van der Waals surface area contributed by atoms with E-state index in [1.165, 1.54) is 20.5 Å². The Bertz CT molecular complexity index is 462. The van der Waals surface area contributed by atoms with Crippen molar-refractivity contribution in [3.05, 3.63) is 28.6 Å². The van der Waals surface area contributed by atoms with E-state index in [9.17, 15) is 0 Å². The van der Waals surface area contributed by atoms with Gasteiger partial charge in [0.1, 0.15) is 0 Å². The van der Waals surface area contributed by atoms with E-state index < -0.39 is 0 Å². The van der Waals surface area contributed by atoms with Crippen molar-refractivity contribution in [3.8, 4) is 0 Å². The molecule has 2 aromatic rings. The van der Waals surface area contributed by atoms with Crippen LogP contribution in [0.3, 0.4) is 0 Å². The second kappa shape index (κ2) is 3.79. The van der Waals surface area contributed by atoms with Crippen LogP contribution < -0.4 is 5.73 Å². The van der Waals surface area contributed by atoms with Crippen LogP contribution in [-0.2, 0) is 12.3 Å². The summed E-state index contributed by atoms with van der Waals surface area (Å²) in [6, 6.07) is 6.34. The first-order valence-electron chi connectivity index (χ1n) is 4.62. The Morgan fingerprint density at radius 3 is 2.86 bits per heavy atom. The van der Waals surface area contributed by atoms with Crippen molar-refractivity contribution in [1.29, 1.82) is 0 Å². The Hall–Kier alpha value is -0.730. The quantitative estimate of drug-likeness (QED) is 0.611. The monoisotopic (exact) mass is 225 g/mol. The average molecular weight is 226 g/mol. The summed E-state index contributed by atoms with van der Waals surface area (Å²) in [6.45, 7) is 2.12. The van der Waals surface area contributed by atoms with Gasteiger partial charge in [-0.15, -0.1) is 22.9 Å². The number of halogens is 1. The van der Waals surface area contributed by atoms with Gasteiger partial charge in [-0.2, -0.15) is 0 Å². The first-order valence-corrected chi connectivity index (χ1v) is 5.97. The molecular formula is C11H12ClNS. The van der Waals surface area contributed by atoms with Crippen LogP contribution in [0.25, 0.3) is 10.1 Å². The maximum atomic E-state index is 6.06. The third kappa shape index (κ3) is 1.49. The minimum absolute atomic E-state index is 0.570. The number of thiophene rings is 1. The molecule has 0 unspecified atom stereocenters. The number of rotatable bonds is 2. The molecule has 0 spiro atoms. The average Bonchev–Trinajstić information content (AvgIpc) is 2.62. The van der Waals surface area contributed by atoms with Crippen molar-refractivity contribution in [2.75, 3.05) is 5.73 Å². The molecule has 0 saturated carbocycles. The molecule has 0 radical (unpaired) electrons. The van der Waals surface area contributed by atoms with Crippen LogP contribution in [0.15, 0.2) is 18.2 Å². The normalized spacial score (nSPS) is 11.0. The van der Waals surface area contributed by atoms with Gasteiger partial charge in [0.15, 0.2) is 0 Å². The van der Waals surface area contributed by atoms with E-state index in [4.69, 9.17) is 17.3 Å². The fourth-order valence-corrected chi connectivity index (χ4v) is 2.82. The van der Waals surface area contributed by atoms with Gasteiger partial charge in [0.2, 0.25) is 0 Å². The summed E-state index contributed by atoms with van der Waals surface area (Å²) in [5.41, 5.74) is 8.21. The molecule has 0 aliphatic rings. The predicted octanol–water partition coefficient (Wildman–Crippen LogP) is 3.78. The molecule has 0 atom stereocenters. The molecule has 74 valence electrons. The maximum absolute atomic E-state index is 6.06. The van der Waals surface area contributed by atoms with E-state index in [1.807, 2.05) is 0 Å². The van der Waals surface area contributed by atoms with E-state index in [1.54, 1.807) is 11.3 Å². The lowest BCUT2D eigenvalue weighted by Gasteiger charge is -2.02. The number of fused-ring (bicyclic) bond motifs is 1. The van der Waals surface area contributed by atoms with Crippen molar-refractivity contribution in [2.24, 2.45) is 0 Å². The van der Waals surface area contributed by atoms with Gasteiger partial charge < -0.3 is 5.73 Å². The van der Waals surface area contributed by atoms with Crippen LogP contribution in [0, 0.1) is 0 Å². The molecule has 0 aliphatic carbocycles. The molecule has 1 aromatic heterocycles. The fourth-order valence-electron chi connectivity index (χ4n) is 1.59. The van der Waals surface area contributed by atoms with E-state index >= 15 is 0 Å². The molecule has 1 aromatic carbocycles. The molecule has 0 aliphatic heterocycles. The van der Waals surface area contributed by atoms with Crippen molar-refractivity contribution in [1.82, 2.24) is 0 Å². The number of benzene rings is 1. The number of nitrogens with two attached hydrogens (primary N) is 1. The minimum atomic E-state index is 0.570. The standard InChI is InChI=1S/C11H12ClNS/c1-2-7-3-4-8-5-9(6-12)14-11(8)10(7)13/h3-5H,2,6,13H2,1H3. The van der Waals surface area contributed by atoms with Crippen molar-refractivity contribution < 1.29 is 0 Å². The number of nitrogen functional groups attached to an aromatic ring is 1. The third-order valence-electron chi connectivity index (χ3n) is 2.38. The highest BCUT2D eigenvalue weighted by atomic mass is 35.5. The molecular weight excluding hydrogens is 214 g/mol. The minimum Gasteiger partial charge on any atom is -0.397 e. The van der Waals surface area contributed by atoms with E-state index in [2.05, 4.69) is 25.1 Å². The molecule has 0 amide bonds. The summed E-state index contributed by atoms with van der Waals surface area (Å²) in [5, 5.41) is 1.21. The summed E-state index contributed by atoms with van der Waals surface area (Å²) < 4.78 is 1.18. The van der Waals surface area contributed by atoms with Crippen LogP contribution in [0.5, 0.6) is 0 Å². The predicted molar refractivity (Wildman–Crippen MR) is 65.2 cm³/mol. The summed E-state index contributed by atoms with van der Waals surface area (Å²) in [6.07, 6.45) is 0.982. The van der Waals surface area contributed by atoms with Gasteiger partial charge >= 0.3 is 0 Å². The van der Waals surface area contributed by atoms with Gasteiger partial charge in [-0.05, 0) is 23.4 Å². The maximum Gasteiger partial charge on any atom is 0.0578 e. The second-order valence-electron chi connectivity index (χ2n) is 3.26. The van der Waals surface area contributed by atoms with Gasteiger partial charge in [0.25, 0.3) is 0 Å². The third-order valence-corrected chi connectivity index (χ3v) is 4.01. The zero-order valence-electron chi connectivity index (χ0n) is 8.01. The Morgan fingerprint density at radius 1 is 1.43 bits per heavy atom. The van der Waals surface area contributed by atoms with Crippen LogP contribution in [0.4, 0.5) is 5.69 Å². The SMILES string of the molecule is CCc1ccc2cc(CCl)sc2c1N. The van der Waals surface area contributed by atoms with Crippen LogP contribution in [-0.4, -0.2) is 0 Å². The summed E-state index contributed by atoms with van der Waals surface area (Å²) in [5.74, 6) is 0.570. The Balaban J connectivity index is 2.68. The van der Waals surface area contributed by atoms with Crippen LogP contribution in [0.2, 0.25) is 0 Å². The van der Waals surface area contributed by atoms with E-state index in [0.29, 0.717) is 5.88 Å². The number of anilines is 1. The van der Waals surface area contributed by atoms with E-state index in [0.717, 1.165) is 12.1 Å². The van der Waals surface area contributed by atoms with Crippen molar-refractivity contribution in [3.63, 3.8) is 0 Å². The molecule has 0 bridgehead atoms. The zero-order valence-corrected chi connectivity index (χ0v) is 9.58. The fraction of sp³-hybridized carbons (Fsp3) is 0.273. The van der Waals surface area contributed by atoms with Crippen molar-refractivity contribution >= 4 is 38.7 Å². The summed E-state index contributed by atoms with van der Waals surface area (Å²) >= 11 is 7.49. The van der Waals surface area contributed by atoms with Gasteiger partial charge in [-0.1, -0.05) is 19.1 Å². The molecule has 1 nitrogen and oxygen atoms in total. The lowest BCUT2D eigenvalue weighted by Crippen LogP contribution is -1.91. The molecule has 14 heavy (non-hydrogen) atoms. The Labute approximate surface area is 92.5 Å². The van der Waals surface area contributed by atoms with Crippen LogP contribution >= 0.6 is 22.9 Å². The molecule has 3 heteroatoms. The molecule has 2 rings (SSSR count). The summed E-state index contributed by atoms with van der Waals surface area (Å²) in [7, 11) is 0.